The lowest BCUT2D eigenvalue weighted by molar-refractivity contribution is -0.143. The molecule has 0 aromatic heterocycles. The Balaban J connectivity index is 3.54. The number of amides is 1. The van der Waals surface area contributed by atoms with Crippen molar-refractivity contribution < 1.29 is 14.3 Å². The van der Waals surface area contributed by atoms with Crippen molar-refractivity contribution in [1.82, 2.24) is 5.32 Å². The fourth-order valence-electron chi connectivity index (χ4n) is 2.09. The van der Waals surface area contributed by atoms with Crippen LogP contribution in [0.3, 0.4) is 0 Å². The minimum absolute atomic E-state index is 0.0411. The molecule has 0 rings (SSSR count). The van der Waals surface area contributed by atoms with Crippen molar-refractivity contribution in [1.29, 1.82) is 0 Å². The van der Waals surface area contributed by atoms with Crippen molar-refractivity contribution >= 4 is 11.9 Å². The molecular formula is C17H33NO3. The first-order valence-electron chi connectivity index (χ1n) is 8.55. The minimum Gasteiger partial charge on any atom is -0.466 e. The molecule has 1 atom stereocenters. The van der Waals surface area contributed by atoms with Gasteiger partial charge in [0.15, 0.2) is 0 Å². The summed E-state index contributed by atoms with van der Waals surface area (Å²) in [5.41, 5.74) is 0. The molecule has 0 heterocycles. The maximum atomic E-state index is 11.7. The lowest BCUT2D eigenvalue weighted by atomic mass is 10.1. The summed E-state index contributed by atoms with van der Waals surface area (Å²) in [6, 6.07) is 0.228. The van der Waals surface area contributed by atoms with Crippen LogP contribution in [-0.4, -0.2) is 24.5 Å². The number of rotatable bonds is 13. The molecule has 124 valence electrons. The fourth-order valence-corrected chi connectivity index (χ4v) is 2.09. The Hall–Kier alpha value is -1.06. The van der Waals surface area contributed by atoms with Crippen LogP contribution >= 0.6 is 0 Å². The highest BCUT2D eigenvalue weighted by Crippen LogP contribution is 2.06. The molecular weight excluding hydrogens is 266 g/mol. The topological polar surface area (TPSA) is 55.4 Å². The van der Waals surface area contributed by atoms with Crippen molar-refractivity contribution in [3.63, 3.8) is 0 Å². The molecule has 0 aliphatic carbocycles. The van der Waals surface area contributed by atoms with E-state index in [0.717, 1.165) is 19.3 Å². The molecule has 1 unspecified atom stereocenters. The Labute approximate surface area is 130 Å². The molecule has 21 heavy (non-hydrogen) atoms. The van der Waals surface area contributed by atoms with Gasteiger partial charge in [0, 0.05) is 18.9 Å². The zero-order valence-electron chi connectivity index (χ0n) is 14.1. The maximum absolute atomic E-state index is 11.7. The van der Waals surface area contributed by atoms with E-state index in [0.29, 0.717) is 25.9 Å². The molecule has 1 amide bonds. The summed E-state index contributed by atoms with van der Waals surface area (Å²) < 4.78 is 5.05. The minimum atomic E-state index is -0.191. The second-order valence-corrected chi connectivity index (χ2v) is 5.75. The molecule has 0 aromatic rings. The van der Waals surface area contributed by atoms with Crippen LogP contribution in [0.2, 0.25) is 0 Å². The second kappa shape index (κ2) is 13.9. The number of unbranched alkanes of at least 4 members (excludes halogenated alkanes) is 4. The quantitative estimate of drug-likeness (QED) is 0.413. The van der Waals surface area contributed by atoms with E-state index in [2.05, 4.69) is 19.2 Å². The van der Waals surface area contributed by atoms with Crippen LogP contribution in [-0.2, 0) is 14.3 Å². The normalized spacial score (nSPS) is 12.0. The Morgan fingerprint density at radius 3 is 2.33 bits per heavy atom. The summed E-state index contributed by atoms with van der Waals surface area (Å²) in [6.45, 7) is 6.79. The summed E-state index contributed by atoms with van der Waals surface area (Å²) in [6.07, 6.45) is 9.16. The average Bonchev–Trinajstić information content (AvgIpc) is 2.44. The lowest BCUT2D eigenvalue weighted by Crippen LogP contribution is -2.32. The third-order valence-corrected chi connectivity index (χ3v) is 3.44. The molecule has 0 aliphatic heterocycles. The lowest BCUT2D eigenvalue weighted by Gasteiger charge is -2.13. The first-order chi connectivity index (χ1) is 10.1. The van der Waals surface area contributed by atoms with Gasteiger partial charge in [0.1, 0.15) is 0 Å². The summed E-state index contributed by atoms with van der Waals surface area (Å²) in [5, 5.41) is 2.99. The van der Waals surface area contributed by atoms with Gasteiger partial charge in [-0.1, -0.05) is 46.0 Å². The first kappa shape index (κ1) is 19.9. The number of ether oxygens (including phenoxy) is 1. The van der Waals surface area contributed by atoms with Gasteiger partial charge in [-0.2, -0.15) is 0 Å². The van der Waals surface area contributed by atoms with E-state index < -0.39 is 0 Å². The Kier molecular flexibility index (Phi) is 13.2. The molecule has 0 saturated carbocycles. The fraction of sp³-hybridized carbons (Fsp3) is 0.882. The summed E-state index contributed by atoms with van der Waals surface area (Å²) in [4.78, 5) is 23.1. The highest BCUT2D eigenvalue weighted by atomic mass is 16.5. The number of carbonyl (C=O) groups is 2. The molecule has 4 heteroatoms. The van der Waals surface area contributed by atoms with Crippen LogP contribution in [0.25, 0.3) is 0 Å². The van der Waals surface area contributed by atoms with Crippen LogP contribution in [0.5, 0.6) is 0 Å². The molecule has 0 fully saturated rings. The first-order valence-corrected chi connectivity index (χ1v) is 8.55. The van der Waals surface area contributed by atoms with E-state index in [1.165, 1.54) is 25.7 Å². The Morgan fingerprint density at radius 2 is 1.67 bits per heavy atom. The highest BCUT2D eigenvalue weighted by Gasteiger charge is 2.09. The number of carbonyl (C=O) groups excluding carboxylic acids is 2. The number of esters is 1. The molecule has 0 radical (unpaired) electrons. The van der Waals surface area contributed by atoms with Crippen molar-refractivity contribution in [2.75, 3.05) is 6.61 Å². The maximum Gasteiger partial charge on any atom is 0.305 e. The second-order valence-electron chi connectivity index (χ2n) is 5.75. The van der Waals surface area contributed by atoms with Gasteiger partial charge in [-0.3, -0.25) is 9.59 Å². The van der Waals surface area contributed by atoms with Crippen molar-refractivity contribution in [3.8, 4) is 0 Å². The van der Waals surface area contributed by atoms with Crippen molar-refractivity contribution in [3.05, 3.63) is 0 Å². The van der Waals surface area contributed by atoms with E-state index in [-0.39, 0.29) is 17.9 Å². The number of hydrogen-bond donors (Lipinski definition) is 1. The van der Waals surface area contributed by atoms with Crippen LogP contribution < -0.4 is 5.32 Å². The Morgan fingerprint density at radius 1 is 0.952 bits per heavy atom. The highest BCUT2D eigenvalue weighted by molar-refractivity contribution is 5.77. The summed E-state index contributed by atoms with van der Waals surface area (Å²) >= 11 is 0. The van der Waals surface area contributed by atoms with Gasteiger partial charge in [0.2, 0.25) is 5.91 Å². The predicted molar refractivity (Wildman–Crippen MR) is 86.1 cm³/mol. The van der Waals surface area contributed by atoms with E-state index in [1.807, 2.05) is 6.92 Å². The van der Waals surface area contributed by atoms with Gasteiger partial charge in [0.25, 0.3) is 0 Å². The largest absolute Gasteiger partial charge is 0.466 e. The average molecular weight is 299 g/mol. The van der Waals surface area contributed by atoms with Crippen LogP contribution in [0.15, 0.2) is 0 Å². The molecule has 0 spiro atoms. The van der Waals surface area contributed by atoms with Gasteiger partial charge in [0.05, 0.1) is 6.61 Å². The third-order valence-electron chi connectivity index (χ3n) is 3.44. The van der Waals surface area contributed by atoms with Gasteiger partial charge in [-0.15, -0.1) is 0 Å². The standard InChI is InChI=1S/C17H33NO3/c1-4-6-8-9-11-15(3)18-16(19)12-10-13-17(20)21-14-7-5-2/h15H,4-14H2,1-3H3,(H,18,19). The van der Waals surface area contributed by atoms with Crippen LogP contribution in [0.1, 0.15) is 85.0 Å². The molecule has 1 N–H and O–H groups in total. The smallest absolute Gasteiger partial charge is 0.305 e. The SMILES string of the molecule is CCCCCCC(C)NC(=O)CCCC(=O)OCCCC. The van der Waals surface area contributed by atoms with Crippen molar-refractivity contribution in [2.24, 2.45) is 0 Å². The number of nitrogens with one attached hydrogen (secondary N) is 1. The third kappa shape index (κ3) is 13.7. The molecule has 0 saturated heterocycles. The van der Waals surface area contributed by atoms with E-state index in [1.54, 1.807) is 0 Å². The van der Waals surface area contributed by atoms with Gasteiger partial charge in [-0.25, -0.2) is 0 Å². The van der Waals surface area contributed by atoms with Gasteiger partial charge >= 0.3 is 5.97 Å². The van der Waals surface area contributed by atoms with Crippen LogP contribution in [0, 0.1) is 0 Å². The van der Waals surface area contributed by atoms with E-state index in [9.17, 15) is 9.59 Å². The van der Waals surface area contributed by atoms with Crippen molar-refractivity contribution in [2.45, 2.75) is 91.0 Å². The number of hydrogen-bond acceptors (Lipinski definition) is 3. The Bertz CT molecular complexity index is 279. The molecule has 0 aromatic carbocycles. The van der Waals surface area contributed by atoms with E-state index >= 15 is 0 Å². The molecule has 0 aliphatic rings. The van der Waals surface area contributed by atoms with Crippen LogP contribution in [0.4, 0.5) is 0 Å². The van der Waals surface area contributed by atoms with Gasteiger partial charge in [-0.05, 0) is 26.2 Å². The predicted octanol–water partition coefficient (Wildman–Crippen LogP) is 3.98. The zero-order valence-corrected chi connectivity index (χ0v) is 14.1. The zero-order chi connectivity index (χ0) is 15.9. The monoisotopic (exact) mass is 299 g/mol. The summed E-state index contributed by atoms with van der Waals surface area (Å²) in [5.74, 6) is -0.150. The van der Waals surface area contributed by atoms with Gasteiger partial charge < -0.3 is 10.1 Å². The van der Waals surface area contributed by atoms with E-state index in [4.69, 9.17) is 4.74 Å². The summed E-state index contributed by atoms with van der Waals surface area (Å²) in [7, 11) is 0. The molecule has 4 nitrogen and oxygen atoms in total. The molecule has 0 bridgehead atoms.